The lowest BCUT2D eigenvalue weighted by Crippen LogP contribution is -2.37. The molecule has 9 heteroatoms. The van der Waals surface area contributed by atoms with Gasteiger partial charge in [-0.05, 0) is 24.3 Å². The monoisotopic (exact) mass is 376 g/mol. The maximum Gasteiger partial charge on any atom is 0.269 e. The Labute approximate surface area is 150 Å². The van der Waals surface area contributed by atoms with E-state index >= 15 is 0 Å². The Morgan fingerprint density at radius 3 is 2.50 bits per heavy atom. The minimum atomic E-state index is -4.04. The lowest BCUT2D eigenvalue weighted by Gasteiger charge is -2.16. The van der Waals surface area contributed by atoms with Gasteiger partial charge in [-0.2, -0.15) is 0 Å². The SMILES string of the molecule is COc1ccc(NC(=O)CN2C(=O)c3ccccc3S2(=O)=O)c(OC)c1. The Morgan fingerprint density at radius 2 is 1.85 bits per heavy atom. The van der Waals surface area contributed by atoms with Crippen LogP contribution in [0.1, 0.15) is 10.4 Å². The van der Waals surface area contributed by atoms with E-state index in [-0.39, 0.29) is 10.5 Å². The fourth-order valence-corrected chi connectivity index (χ4v) is 4.13. The predicted octanol–water partition coefficient (Wildman–Crippen LogP) is 1.49. The molecule has 3 rings (SSSR count). The number of methoxy groups -OCH3 is 2. The summed E-state index contributed by atoms with van der Waals surface area (Å²) < 4.78 is 35.8. The molecule has 0 atom stereocenters. The van der Waals surface area contributed by atoms with Gasteiger partial charge >= 0.3 is 0 Å². The first-order valence-electron chi connectivity index (χ1n) is 7.56. The number of benzene rings is 2. The van der Waals surface area contributed by atoms with Crippen molar-refractivity contribution >= 4 is 27.5 Å². The molecule has 2 amide bonds. The van der Waals surface area contributed by atoms with Crippen LogP contribution in [0.15, 0.2) is 47.4 Å². The lowest BCUT2D eigenvalue weighted by molar-refractivity contribution is -0.116. The molecule has 1 aliphatic rings. The average molecular weight is 376 g/mol. The van der Waals surface area contributed by atoms with Crippen molar-refractivity contribution in [1.82, 2.24) is 4.31 Å². The minimum Gasteiger partial charge on any atom is -0.497 e. The van der Waals surface area contributed by atoms with Gasteiger partial charge in [-0.1, -0.05) is 12.1 Å². The van der Waals surface area contributed by atoms with Crippen LogP contribution in [-0.2, 0) is 14.8 Å². The summed E-state index contributed by atoms with van der Waals surface area (Å²) in [6.07, 6.45) is 0. The molecule has 1 aliphatic heterocycles. The van der Waals surface area contributed by atoms with Gasteiger partial charge in [0.25, 0.3) is 15.9 Å². The second-order valence-electron chi connectivity index (χ2n) is 5.43. The van der Waals surface area contributed by atoms with E-state index in [9.17, 15) is 18.0 Å². The summed E-state index contributed by atoms with van der Waals surface area (Å²) in [7, 11) is -1.12. The third-order valence-electron chi connectivity index (χ3n) is 3.88. The number of hydrogen-bond acceptors (Lipinski definition) is 6. The third kappa shape index (κ3) is 2.97. The molecule has 0 aromatic heterocycles. The highest BCUT2D eigenvalue weighted by Gasteiger charge is 2.41. The number of nitrogens with one attached hydrogen (secondary N) is 1. The average Bonchev–Trinajstić information content (AvgIpc) is 2.83. The van der Waals surface area contributed by atoms with Crippen molar-refractivity contribution < 1.29 is 27.5 Å². The Balaban J connectivity index is 1.81. The molecule has 26 heavy (non-hydrogen) atoms. The highest BCUT2D eigenvalue weighted by Crippen LogP contribution is 2.31. The van der Waals surface area contributed by atoms with Gasteiger partial charge in [0.1, 0.15) is 22.9 Å². The maximum absolute atomic E-state index is 12.5. The fraction of sp³-hybridized carbons (Fsp3) is 0.176. The highest BCUT2D eigenvalue weighted by atomic mass is 32.2. The molecule has 0 radical (unpaired) electrons. The van der Waals surface area contributed by atoms with Crippen LogP contribution < -0.4 is 14.8 Å². The Hall–Kier alpha value is -3.07. The summed E-state index contributed by atoms with van der Waals surface area (Å²) >= 11 is 0. The van der Waals surface area contributed by atoms with Gasteiger partial charge in [0.15, 0.2) is 0 Å². The van der Waals surface area contributed by atoms with Gasteiger partial charge in [0, 0.05) is 6.07 Å². The molecule has 0 saturated carbocycles. The van der Waals surface area contributed by atoms with Crippen LogP contribution in [0.25, 0.3) is 0 Å². The van der Waals surface area contributed by atoms with Crippen molar-refractivity contribution in [3.63, 3.8) is 0 Å². The molecular weight excluding hydrogens is 360 g/mol. The third-order valence-corrected chi connectivity index (χ3v) is 5.67. The summed E-state index contributed by atoms with van der Waals surface area (Å²) in [5.74, 6) is -0.514. The number of carbonyl (C=O) groups excluding carboxylic acids is 2. The summed E-state index contributed by atoms with van der Waals surface area (Å²) in [6.45, 7) is -0.634. The second-order valence-corrected chi connectivity index (χ2v) is 7.26. The van der Waals surface area contributed by atoms with E-state index in [0.29, 0.717) is 21.5 Å². The summed E-state index contributed by atoms with van der Waals surface area (Å²) in [4.78, 5) is 24.6. The molecule has 0 bridgehead atoms. The Bertz CT molecular complexity index is 986. The quantitative estimate of drug-likeness (QED) is 0.848. The van der Waals surface area contributed by atoms with Gasteiger partial charge in [0.05, 0.1) is 25.5 Å². The van der Waals surface area contributed by atoms with E-state index in [4.69, 9.17) is 9.47 Å². The van der Waals surface area contributed by atoms with Crippen LogP contribution in [-0.4, -0.2) is 45.3 Å². The van der Waals surface area contributed by atoms with E-state index in [1.807, 2.05) is 0 Å². The maximum atomic E-state index is 12.5. The number of ether oxygens (including phenoxy) is 2. The lowest BCUT2D eigenvalue weighted by atomic mass is 10.2. The molecule has 1 heterocycles. The van der Waals surface area contributed by atoms with E-state index in [2.05, 4.69) is 5.32 Å². The van der Waals surface area contributed by atoms with Crippen LogP contribution in [0.5, 0.6) is 11.5 Å². The smallest absolute Gasteiger partial charge is 0.269 e. The number of sulfonamides is 1. The fourth-order valence-electron chi connectivity index (χ4n) is 2.61. The number of carbonyl (C=O) groups is 2. The first-order chi connectivity index (χ1) is 12.4. The highest BCUT2D eigenvalue weighted by molar-refractivity contribution is 7.90. The van der Waals surface area contributed by atoms with Crippen LogP contribution in [0.3, 0.4) is 0 Å². The van der Waals surface area contributed by atoms with Crippen LogP contribution in [0.4, 0.5) is 5.69 Å². The van der Waals surface area contributed by atoms with Gasteiger partial charge in [-0.15, -0.1) is 0 Å². The molecular formula is C17H16N2O6S. The molecule has 1 N–H and O–H groups in total. The number of fused-ring (bicyclic) bond motifs is 1. The zero-order valence-electron chi connectivity index (χ0n) is 14.1. The van der Waals surface area contributed by atoms with Crippen molar-refractivity contribution in [3.8, 4) is 11.5 Å². The number of rotatable bonds is 5. The minimum absolute atomic E-state index is 0.0577. The van der Waals surface area contributed by atoms with Gasteiger partial charge in [0.2, 0.25) is 5.91 Å². The molecule has 136 valence electrons. The van der Waals surface area contributed by atoms with Crippen molar-refractivity contribution in [1.29, 1.82) is 0 Å². The molecule has 2 aromatic rings. The molecule has 8 nitrogen and oxygen atoms in total. The number of hydrogen-bond donors (Lipinski definition) is 1. The zero-order valence-corrected chi connectivity index (χ0v) is 14.9. The molecule has 0 unspecified atom stereocenters. The summed E-state index contributed by atoms with van der Waals surface area (Å²) in [5, 5.41) is 2.55. The topological polar surface area (TPSA) is 102 Å². The van der Waals surface area contributed by atoms with Gasteiger partial charge in [-0.25, -0.2) is 12.7 Å². The first-order valence-corrected chi connectivity index (χ1v) is 9.00. The van der Waals surface area contributed by atoms with Crippen LogP contribution >= 0.6 is 0 Å². The van der Waals surface area contributed by atoms with Gasteiger partial charge < -0.3 is 14.8 Å². The standard InChI is InChI=1S/C17H16N2O6S/c1-24-11-7-8-13(14(9-11)25-2)18-16(20)10-19-17(21)12-5-3-4-6-15(12)26(19,22)23/h3-9H,10H2,1-2H3,(H,18,20). The Morgan fingerprint density at radius 1 is 1.12 bits per heavy atom. The predicted molar refractivity (Wildman–Crippen MR) is 92.8 cm³/mol. The first kappa shape index (κ1) is 17.7. The number of nitrogens with zero attached hydrogens (tertiary/aromatic N) is 1. The Kier molecular flexibility index (Phi) is 4.56. The van der Waals surface area contributed by atoms with Crippen molar-refractivity contribution in [2.45, 2.75) is 4.90 Å². The van der Waals surface area contributed by atoms with Crippen molar-refractivity contribution in [3.05, 3.63) is 48.0 Å². The largest absolute Gasteiger partial charge is 0.497 e. The molecule has 0 saturated heterocycles. The molecule has 2 aromatic carbocycles. The van der Waals surface area contributed by atoms with E-state index < -0.39 is 28.4 Å². The number of anilines is 1. The van der Waals surface area contributed by atoms with Crippen molar-refractivity contribution in [2.24, 2.45) is 0 Å². The van der Waals surface area contributed by atoms with E-state index in [1.54, 1.807) is 24.3 Å². The van der Waals surface area contributed by atoms with Gasteiger partial charge in [-0.3, -0.25) is 9.59 Å². The zero-order chi connectivity index (χ0) is 18.9. The molecule has 0 aliphatic carbocycles. The van der Waals surface area contributed by atoms with E-state index in [1.165, 1.54) is 32.4 Å². The van der Waals surface area contributed by atoms with Crippen molar-refractivity contribution in [2.75, 3.05) is 26.1 Å². The summed E-state index contributed by atoms with van der Waals surface area (Å²) in [5.41, 5.74) is 0.391. The molecule has 0 fully saturated rings. The summed E-state index contributed by atoms with van der Waals surface area (Å²) in [6, 6.07) is 10.6. The second kappa shape index (κ2) is 6.68. The number of amides is 2. The molecule has 0 spiro atoms. The van der Waals surface area contributed by atoms with Crippen LogP contribution in [0, 0.1) is 0 Å². The normalized spacial score (nSPS) is 14.7. The van der Waals surface area contributed by atoms with Crippen LogP contribution in [0.2, 0.25) is 0 Å². The van der Waals surface area contributed by atoms with E-state index in [0.717, 1.165) is 0 Å².